The van der Waals surface area contributed by atoms with Gasteiger partial charge >= 0.3 is 13.1 Å². The fourth-order valence-corrected chi connectivity index (χ4v) is 3.48. The summed E-state index contributed by atoms with van der Waals surface area (Å²) in [6.07, 6.45) is 0. The van der Waals surface area contributed by atoms with Crippen molar-refractivity contribution in [3.8, 4) is 12.0 Å². The number of hydrogen-bond acceptors (Lipinski definition) is 10. The van der Waals surface area contributed by atoms with E-state index >= 15 is 0 Å². The maximum atomic E-state index is 11.9. The number of rotatable bonds is 8. The van der Waals surface area contributed by atoms with Gasteiger partial charge in [0, 0.05) is 20.6 Å². The molecule has 2 heterocycles. The highest BCUT2D eigenvalue weighted by Gasteiger charge is 2.21. The Morgan fingerprint density at radius 2 is 1.94 bits per heavy atom. The molecule has 2 aromatic heterocycles. The normalized spacial score (nSPS) is 10.9. The molecule has 0 aliphatic heterocycles. The van der Waals surface area contributed by atoms with Crippen molar-refractivity contribution >= 4 is 41.2 Å². The third kappa shape index (κ3) is 4.33. The maximum Gasteiger partial charge on any atom is 0.488 e. The van der Waals surface area contributed by atoms with Crippen LogP contribution in [-0.4, -0.2) is 69.0 Å². The van der Waals surface area contributed by atoms with Crippen LogP contribution in [0.4, 0.5) is 11.6 Å². The van der Waals surface area contributed by atoms with E-state index in [0.29, 0.717) is 34.7 Å². The Morgan fingerprint density at radius 1 is 1.18 bits per heavy atom. The summed E-state index contributed by atoms with van der Waals surface area (Å²) in [7, 11) is 3.51. The zero-order chi connectivity index (χ0) is 24.4. The first-order valence-corrected chi connectivity index (χ1v) is 10.3. The van der Waals surface area contributed by atoms with E-state index in [2.05, 4.69) is 25.5 Å². The first-order valence-electron chi connectivity index (χ1n) is 10.3. The maximum absolute atomic E-state index is 11.9. The molecule has 0 fully saturated rings. The van der Waals surface area contributed by atoms with Crippen molar-refractivity contribution in [1.29, 1.82) is 0 Å². The second-order valence-corrected chi connectivity index (χ2v) is 7.62. The van der Waals surface area contributed by atoms with Gasteiger partial charge in [0.15, 0.2) is 11.6 Å². The number of ether oxygens (including phenoxy) is 1. The van der Waals surface area contributed by atoms with Crippen LogP contribution in [0.3, 0.4) is 0 Å². The van der Waals surface area contributed by atoms with Gasteiger partial charge in [0.05, 0.1) is 18.2 Å². The smallest absolute Gasteiger partial charge is 0.468 e. The number of benzene rings is 2. The number of carbonyl (C=O) groups is 1. The predicted octanol–water partition coefficient (Wildman–Crippen LogP) is -0.324. The minimum atomic E-state index is -1.56. The van der Waals surface area contributed by atoms with Gasteiger partial charge in [-0.05, 0) is 23.2 Å². The van der Waals surface area contributed by atoms with Gasteiger partial charge < -0.3 is 30.7 Å². The molecule has 174 valence electrons. The fourth-order valence-electron chi connectivity index (χ4n) is 3.48. The molecule has 0 spiro atoms. The largest absolute Gasteiger partial charge is 0.488 e. The minimum Gasteiger partial charge on any atom is -0.468 e. The van der Waals surface area contributed by atoms with Crippen LogP contribution in [-0.2, 0) is 6.54 Å². The second-order valence-electron chi connectivity index (χ2n) is 7.62. The Kier molecular flexibility index (Phi) is 6.30. The first kappa shape index (κ1) is 23.0. The van der Waals surface area contributed by atoms with Crippen molar-refractivity contribution in [3.05, 3.63) is 53.6 Å². The molecular formula is C21H23BN8O4. The van der Waals surface area contributed by atoms with Crippen LogP contribution >= 0.6 is 0 Å². The summed E-state index contributed by atoms with van der Waals surface area (Å²) >= 11 is 0. The van der Waals surface area contributed by atoms with Crippen molar-refractivity contribution in [2.45, 2.75) is 6.54 Å². The predicted molar refractivity (Wildman–Crippen MR) is 127 cm³/mol. The van der Waals surface area contributed by atoms with Crippen molar-refractivity contribution < 1.29 is 19.6 Å². The van der Waals surface area contributed by atoms with E-state index in [-0.39, 0.29) is 17.5 Å². The lowest BCUT2D eigenvalue weighted by Gasteiger charge is -2.17. The lowest BCUT2D eigenvalue weighted by molar-refractivity contribution is 0.100. The van der Waals surface area contributed by atoms with Crippen molar-refractivity contribution in [1.82, 2.24) is 24.7 Å². The van der Waals surface area contributed by atoms with Crippen LogP contribution in [0, 0.1) is 0 Å². The van der Waals surface area contributed by atoms with E-state index in [1.807, 2.05) is 20.2 Å². The number of aromatic nitrogens is 5. The van der Waals surface area contributed by atoms with Crippen LogP contribution in [0.25, 0.3) is 17.0 Å². The van der Waals surface area contributed by atoms with E-state index in [4.69, 9.17) is 10.5 Å². The van der Waals surface area contributed by atoms with Gasteiger partial charge in [-0.25, -0.2) is 4.57 Å². The average molecular weight is 462 g/mol. The molecule has 0 saturated carbocycles. The molecule has 1 amide bonds. The molecule has 5 N–H and O–H groups in total. The summed E-state index contributed by atoms with van der Waals surface area (Å²) in [5.74, 6) is 0.481. The van der Waals surface area contributed by atoms with E-state index < -0.39 is 13.0 Å². The van der Waals surface area contributed by atoms with E-state index in [1.165, 1.54) is 7.11 Å². The van der Waals surface area contributed by atoms with Crippen molar-refractivity contribution in [2.75, 3.05) is 31.4 Å². The topological polar surface area (TPSA) is 165 Å². The zero-order valence-corrected chi connectivity index (χ0v) is 18.8. The van der Waals surface area contributed by atoms with Gasteiger partial charge in [-0.3, -0.25) is 4.79 Å². The monoisotopic (exact) mass is 462 g/mol. The molecule has 0 aliphatic carbocycles. The number of methoxy groups -OCH3 is 1. The van der Waals surface area contributed by atoms with Crippen LogP contribution in [0.5, 0.6) is 6.01 Å². The number of para-hydroxylation sites is 1. The highest BCUT2D eigenvalue weighted by molar-refractivity contribution is 6.58. The first-order chi connectivity index (χ1) is 16.3. The molecule has 4 aromatic rings. The molecule has 0 unspecified atom stereocenters. The quantitative estimate of drug-likeness (QED) is 0.255. The number of amides is 1. The molecule has 34 heavy (non-hydrogen) atoms. The van der Waals surface area contributed by atoms with E-state index in [9.17, 15) is 14.8 Å². The number of nitrogens with zero attached hydrogens (tertiary/aromatic N) is 6. The van der Waals surface area contributed by atoms with Crippen LogP contribution in [0.2, 0.25) is 0 Å². The third-order valence-electron chi connectivity index (χ3n) is 5.09. The van der Waals surface area contributed by atoms with Gasteiger partial charge in [0.1, 0.15) is 5.52 Å². The number of imidazole rings is 1. The Morgan fingerprint density at radius 3 is 2.62 bits per heavy atom. The molecule has 13 heteroatoms. The number of hydrogen-bond donors (Lipinski definition) is 4. The molecule has 4 rings (SSSR count). The van der Waals surface area contributed by atoms with E-state index in [0.717, 1.165) is 5.56 Å². The summed E-state index contributed by atoms with van der Waals surface area (Å²) in [6, 6.07) is 12.1. The molecule has 0 atom stereocenters. The second kappa shape index (κ2) is 9.33. The summed E-state index contributed by atoms with van der Waals surface area (Å²) in [6.45, 7) is 0.340. The molecule has 2 aromatic carbocycles. The highest BCUT2D eigenvalue weighted by Crippen LogP contribution is 2.28. The Balaban J connectivity index is 1.77. The van der Waals surface area contributed by atoms with Gasteiger partial charge in [-0.2, -0.15) is 9.97 Å². The van der Waals surface area contributed by atoms with E-state index in [1.54, 1.807) is 45.9 Å². The molecule has 12 nitrogen and oxygen atoms in total. The zero-order valence-electron chi connectivity index (χ0n) is 18.8. The lowest BCUT2D eigenvalue weighted by Crippen LogP contribution is -2.30. The van der Waals surface area contributed by atoms with Crippen molar-refractivity contribution in [2.24, 2.45) is 5.73 Å². The molecule has 0 aliphatic rings. The van der Waals surface area contributed by atoms with Gasteiger partial charge in [0.25, 0.3) is 11.9 Å². The number of fused-ring (bicyclic) bond motifs is 1. The summed E-state index contributed by atoms with van der Waals surface area (Å²) in [4.78, 5) is 22.7. The number of primary amides is 1. The molecular weight excluding hydrogens is 439 g/mol. The third-order valence-corrected chi connectivity index (χ3v) is 5.09. The summed E-state index contributed by atoms with van der Waals surface area (Å²) in [5, 5.41) is 30.6. The van der Waals surface area contributed by atoms with Crippen LogP contribution < -0.4 is 26.2 Å². The highest BCUT2D eigenvalue weighted by atomic mass is 16.5. The Hall–Kier alpha value is -4.23. The van der Waals surface area contributed by atoms with Crippen LogP contribution in [0.1, 0.15) is 15.9 Å². The number of anilines is 2. The minimum absolute atomic E-state index is 0.165. The SMILES string of the molecule is COc1nc2c(C(N)=O)cccc2n1-c1nnc(N(C)C)c(NCc2cccc(B(O)O)c2)n1. The standard InChI is InChI=1S/C21H23BN8O4/c1-29(2)19-18(24-11-12-6-4-7-13(10-12)22(32)33)26-20(28-27-19)30-15-9-5-8-14(17(23)31)16(15)25-21(30)34-3/h4-10,32-33H,11H2,1-3H3,(H2,23,31)(H,24,26,28). The van der Waals surface area contributed by atoms with Crippen molar-refractivity contribution in [3.63, 3.8) is 0 Å². The van der Waals surface area contributed by atoms with Gasteiger partial charge in [0.2, 0.25) is 0 Å². The fraction of sp³-hybridized carbons (Fsp3) is 0.190. The lowest BCUT2D eigenvalue weighted by atomic mass is 9.80. The summed E-state index contributed by atoms with van der Waals surface area (Å²) in [5.41, 5.74) is 7.84. The number of nitrogens with two attached hydrogens (primary N) is 1. The van der Waals surface area contributed by atoms with Gasteiger partial charge in [-0.15, -0.1) is 10.2 Å². The molecule has 0 bridgehead atoms. The molecule has 0 saturated heterocycles. The average Bonchev–Trinajstić information content (AvgIpc) is 3.21. The Bertz CT molecular complexity index is 1360. The molecule has 0 radical (unpaired) electrons. The number of carbonyl (C=O) groups excluding carboxylic acids is 1. The van der Waals surface area contributed by atoms with Crippen LogP contribution in [0.15, 0.2) is 42.5 Å². The summed E-state index contributed by atoms with van der Waals surface area (Å²) < 4.78 is 6.96. The number of nitrogens with one attached hydrogen (secondary N) is 1. The Labute approximate surface area is 195 Å². The van der Waals surface area contributed by atoms with Gasteiger partial charge in [-0.1, -0.05) is 30.3 Å².